The molecule has 0 aromatic rings. The molecule has 0 spiro atoms. The van der Waals surface area contributed by atoms with Gasteiger partial charge in [-0.3, -0.25) is 0 Å². The molecular formula is H16N24+8. The molecule has 0 aliphatic carbocycles. The molecule has 0 fully saturated rings. The average molecular weight is 352 g/mol. The first kappa shape index (κ1) is 51.4. The van der Waals surface area contributed by atoms with Gasteiger partial charge in [0.2, 0.25) is 39.3 Å². The summed E-state index contributed by atoms with van der Waals surface area (Å²) in [5, 5.41) is 0. The van der Waals surface area contributed by atoms with Crippen LogP contribution in [0.4, 0.5) is 0 Å². The lowest BCUT2D eigenvalue weighted by atomic mass is 13.0. The first-order valence-corrected chi connectivity index (χ1v) is 3.58. The SMILES string of the molecule is N=[N+]=N.N=[N+]=N.N=[N+]=N.N=[N+]=N.N=[N+]=N.N=[N+]=N.N=[N+]=N.N=[N+]=N. The van der Waals surface area contributed by atoms with Crippen molar-refractivity contribution in [1.82, 2.24) is 39.3 Å². The molecule has 0 heterocycles. The average Bonchev–Trinajstić information content (AvgIpc) is 2.45. The highest BCUT2D eigenvalue weighted by molar-refractivity contribution is 2.98. The zero-order valence-electron chi connectivity index (χ0n) is 11.6. The van der Waals surface area contributed by atoms with E-state index in [1.54, 1.807) is 0 Å². The van der Waals surface area contributed by atoms with E-state index in [4.69, 9.17) is 88.5 Å². The fourth-order valence-corrected chi connectivity index (χ4v) is 0. The van der Waals surface area contributed by atoms with Crippen molar-refractivity contribution in [3.8, 4) is 0 Å². The van der Waals surface area contributed by atoms with Crippen molar-refractivity contribution in [3.63, 3.8) is 0 Å². The van der Waals surface area contributed by atoms with Crippen molar-refractivity contribution < 1.29 is 0 Å². The third-order valence-electron chi connectivity index (χ3n) is 0. The summed E-state index contributed by atoms with van der Waals surface area (Å²) >= 11 is 0. The number of nitrogens with one attached hydrogen (secondary N) is 16. The van der Waals surface area contributed by atoms with E-state index in [1.807, 2.05) is 39.3 Å². The Balaban J connectivity index is -0.0000000203. The first-order chi connectivity index (χ1) is 11.3. The van der Waals surface area contributed by atoms with Crippen molar-refractivity contribution in [1.29, 1.82) is 88.5 Å². The number of hydrogen-bond donors (Lipinski definition) is 16. The molecule has 24 heavy (non-hydrogen) atoms. The van der Waals surface area contributed by atoms with E-state index >= 15 is 0 Å². The highest BCUT2D eigenvalue weighted by atomic mass is 15.0. The van der Waals surface area contributed by atoms with E-state index in [1.165, 1.54) is 0 Å². The molecule has 0 rings (SSSR count). The lowest BCUT2D eigenvalue weighted by Crippen LogP contribution is -1.24. The standard InChI is InChI=1S/8H2N3/c8*1-3-2/h8*1-2H/q8*+1. The van der Waals surface area contributed by atoms with Gasteiger partial charge in [-0.1, -0.05) is 0 Å². The number of hydrogen-bond acceptors (Lipinski definition) is 16. The maximum atomic E-state index is 5.50. The minimum atomic E-state index is 2.00. The minimum Gasteiger partial charge on any atom is 0.103 e. The predicted octanol–water partition coefficient (Wildman–Crippen LogP) is 0.924. The molecule has 128 valence electrons. The predicted molar refractivity (Wildman–Crippen MR) is 60.6 cm³/mol. The maximum Gasteiger partial charge on any atom is 0.211 e. The monoisotopic (exact) mass is 352 g/mol. The molecule has 0 aromatic heterocycles. The summed E-state index contributed by atoms with van der Waals surface area (Å²) in [6.07, 6.45) is 0. The van der Waals surface area contributed by atoms with Crippen LogP contribution in [0.15, 0.2) is 0 Å². The van der Waals surface area contributed by atoms with Gasteiger partial charge in [0.15, 0.2) is 0 Å². The van der Waals surface area contributed by atoms with Crippen LogP contribution < -0.4 is 39.3 Å². The number of nitrogens with zero attached hydrogens (tertiary/aromatic N) is 8. The fraction of sp³-hybridized carbons (Fsp3) is 0. The molecule has 0 amide bonds. The molecule has 0 aliphatic rings. The Morgan fingerprint density at radius 2 is 0.167 bits per heavy atom. The van der Waals surface area contributed by atoms with Crippen molar-refractivity contribution in [2.45, 2.75) is 0 Å². The Bertz CT molecular complexity index is 312. The highest BCUT2D eigenvalue weighted by Gasteiger charge is 1.18. The second-order valence-corrected chi connectivity index (χ2v) is 0.894. The van der Waals surface area contributed by atoms with E-state index in [9.17, 15) is 0 Å². The summed E-state index contributed by atoms with van der Waals surface area (Å²) in [6, 6.07) is 0. The lowest BCUT2D eigenvalue weighted by Gasteiger charge is -0.844. The lowest BCUT2D eigenvalue weighted by molar-refractivity contribution is 0.928. The van der Waals surface area contributed by atoms with Crippen LogP contribution in [0.25, 0.3) is 0 Å². The van der Waals surface area contributed by atoms with Crippen LogP contribution in [-0.2, 0) is 0 Å². The molecule has 0 saturated carbocycles. The smallest absolute Gasteiger partial charge is 0.103 e. The third kappa shape index (κ3) is 130. The van der Waals surface area contributed by atoms with E-state index in [2.05, 4.69) is 0 Å². The van der Waals surface area contributed by atoms with Gasteiger partial charge >= 0.3 is 0 Å². The van der Waals surface area contributed by atoms with Crippen molar-refractivity contribution in [2.75, 3.05) is 0 Å². The van der Waals surface area contributed by atoms with Gasteiger partial charge in [-0.25, -0.2) is 0 Å². The Morgan fingerprint density at radius 1 is 0.167 bits per heavy atom. The molecule has 16 N–H and O–H groups in total. The van der Waals surface area contributed by atoms with E-state index in [0.717, 1.165) is 0 Å². The van der Waals surface area contributed by atoms with Crippen LogP contribution in [0.5, 0.6) is 0 Å². The van der Waals surface area contributed by atoms with Crippen LogP contribution in [0.2, 0.25) is 0 Å². The van der Waals surface area contributed by atoms with Crippen LogP contribution >= 0.6 is 0 Å². The molecule has 0 unspecified atom stereocenters. The Kier molecular flexibility index (Phi) is 1650. The quantitative estimate of drug-likeness (QED) is 0.213. The van der Waals surface area contributed by atoms with Crippen molar-refractivity contribution >= 4 is 0 Å². The molecule has 0 saturated heterocycles. The Morgan fingerprint density at radius 3 is 0.167 bits per heavy atom. The second kappa shape index (κ2) is 772. The Labute approximate surface area is 129 Å². The maximum absolute atomic E-state index is 5.50. The zero-order chi connectivity index (χ0) is 21.7. The highest BCUT2D eigenvalue weighted by Crippen LogP contribution is 0.862. The molecule has 0 aliphatic heterocycles. The van der Waals surface area contributed by atoms with Gasteiger partial charge in [0, 0.05) is 0 Å². The summed E-state index contributed by atoms with van der Waals surface area (Å²) in [7, 11) is 0. The summed E-state index contributed by atoms with van der Waals surface area (Å²) in [4.78, 5) is 16.0. The van der Waals surface area contributed by atoms with Crippen LogP contribution in [-0.4, -0.2) is 0 Å². The largest absolute Gasteiger partial charge is 0.211 e. The fourth-order valence-electron chi connectivity index (χ4n) is 0. The summed E-state index contributed by atoms with van der Waals surface area (Å²) < 4.78 is 0. The van der Waals surface area contributed by atoms with Gasteiger partial charge < -0.3 is 0 Å². The van der Waals surface area contributed by atoms with Gasteiger partial charge in [-0.15, -0.1) is 0 Å². The molecule has 0 aromatic carbocycles. The van der Waals surface area contributed by atoms with Gasteiger partial charge in [0.1, 0.15) is 88.5 Å². The van der Waals surface area contributed by atoms with E-state index in [-0.39, 0.29) is 0 Å². The minimum absolute atomic E-state index is 2.00. The zero-order valence-corrected chi connectivity index (χ0v) is 11.6. The molecule has 24 heteroatoms. The van der Waals surface area contributed by atoms with Crippen LogP contribution in [0.1, 0.15) is 0 Å². The van der Waals surface area contributed by atoms with E-state index in [0.29, 0.717) is 0 Å². The summed E-state index contributed by atoms with van der Waals surface area (Å²) in [5.41, 5.74) is 88.0. The topological polar surface area (TPSA) is 494 Å². The van der Waals surface area contributed by atoms with Gasteiger partial charge in [-0.05, 0) is 0 Å². The third-order valence-corrected chi connectivity index (χ3v) is 0. The van der Waals surface area contributed by atoms with E-state index < -0.39 is 0 Å². The van der Waals surface area contributed by atoms with Gasteiger partial charge in [0.05, 0.1) is 0 Å². The molecular weight excluding hydrogens is 336 g/mol. The normalized spacial score (nSPS) is 2.67. The van der Waals surface area contributed by atoms with Crippen molar-refractivity contribution in [3.05, 3.63) is 0 Å². The molecule has 0 radical (unpaired) electrons. The molecule has 0 atom stereocenters. The molecule has 24 nitrogen and oxygen atoms in total. The number of rotatable bonds is 0. The van der Waals surface area contributed by atoms with Crippen LogP contribution in [0, 0.1) is 88.5 Å². The second-order valence-electron chi connectivity index (χ2n) is 0.894. The molecule has 0 bridgehead atoms. The van der Waals surface area contributed by atoms with Gasteiger partial charge in [-0.2, -0.15) is 0 Å². The van der Waals surface area contributed by atoms with Crippen molar-refractivity contribution in [2.24, 2.45) is 0 Å². The summed E-state index contributed by atoms with van der Waals surface area (Å²) in [5.74, 6) is 0. The van der Waals surface area contributed by atoms with Gasteiger partial charge in [0.25, 0.3) is 0 Å². The van der Waals surface area contributed by atoms with Crippen LogP contribution in [0.3, 0.4) is 0 Å². The first-order valence-electron chi connectivity index (χ1n) is 3.58. The summed E-state index contributed by atoms with van der Waals surface area (Å²) in [6.45, 7) is 0. The Hall–Kier alpha value is -5.52.